The Balaban J connectivity index is 1.49. The Kier molecular flexibility index (Phi) is 6.20. The van der Waals surface area contributed by atoms with Gasteiger partial charge in [-0.15, -0.1) is 11.3 Å². The average Bonchev–Trinajstić information content (AvgIpc) is 3.14. The van der Waals surface area contributed by atoms with Crippen molar-refractivity contribution in [3.8, 4) is 5.75 Å². The number of hydrogen-bond donors (Lipinski definition) is 0. The van der Waals surface area contributed by atoms with Crippen LogP contribution in [0, 0.1) is 5.82 Å². The van der Waals surface area contributed by atoms with E-state index in [0.29, 0.717) is 5.75 Å². The molecule has 0 saturated carbocycles. The molecule has 8 heteroatoms. The van der Waals surface area contributed by atoms with E-state index in [9.17, 15) is 14.0 Å². The summed E-state index contributed by atoms with van der Waals surface area (Å²) >= 11 is 1.52. The smallest absolute Gasteiger partial charge is 0.344 e. The van der Waals surface area contributed by atoms with Gasteiger partial charge in [0.1, 0.15) is 16.6 Å². The minimum absolute atomic E-state index is 0.251. The van der Waals surface area contributed by atoms with Crippen LogP contribution in [0.1, 0.15) is 18.0 Å². The summed E-state index contributed by atoms with van der Waals surface area (Å²) in [6.45, 7) is 1.11. The molecule has 0 fully saturated rings. The molecule has 0 aliphatic heterocycles. The number of thiazole rings is 1. The van der Waals surface area contributed by atoms with Crippen molar-refractivity contribution in [1.29, 1.82) is 0 Å². The zero-order valence-electron chi connectivity index (χ0n) is 15.4. The second kappa shape index (κ2) is 8.79. The predicted molar refractivity (Wildman–Crippen MR) is 104 cm³/mol. The number of fused-ring (bicyclic) bond motifs is 1. The van der Waals surface area contributed by atoms with Crippen molar-refractivity contribution in [2.24, 2.45) is 0 Å². The normalized spacial score (nSPS) is 11.8. The Hall–Kier alpha value is -3.00. The molecule has 0 unspecified atom stereocenters. The van der Waals surface area contributed by atoms with E-state index >= 15 is 0 Å². The first-order chi connectivity index (χ1) is 13.4. The molecule has 3 rings (SSSR count). The Bertz CT molecular complexity index is 941. The number of aromatic nitrogens is 1. The van der Waals surface area contributed by atoms with Crippen LogP contribution in [0.25, 0.3) is 10.2 Å². The van der Waals surface area contributed by atoms with Gasteiger partial charge >= 0.3 is 5.97 Å². The highest BCUT2D eigenvalue weighted by molar-refractivity contribution is 7.18. The molecule has 28 heavy (non-hydrogen) atoms. The second-order valence-electron chi connectivity index (χ2n) is 6.10. The molecule has 1 heterocycles. The average molecular weight is 402 g/mol. The number of amides is 1. The Morgan fingerprint density at radius 2 is 1.86 bits per heavy atom. The molecule has 146 valence electrons. The number of carbonyl (C=O) groups excluding carboxylic acids is 2. The van der Waals surface area contributed by atoms with Crippen LogP contribution < -0.4 is 4.74 Å². The molecule has 0 bridgehead atoms. The van der Waals surface area contributed by atoms with Gasteiger partial charge in [-0.1, -0.05) is 12.1 Å². The lowest BCUT2D eigenvalue weighted by Crippen LogP contribution is -2.34. The van der Waals surface area contributed by atoms with Gasteiger partial charge in [0.2, 0.25) is 0 Å². The third-order valence-corrected chi connectivity index (χ3v) is 5.38. The third-order valence-electron chi connectivity index (χ3n) is 4.17. The van der Waals surface area contributed by atoms with Gasteiger partial charge in [0, 0.05) is 7.05 Å². The van der Waals surface area contributed by atoms with Crippen LogP contribution in [0.5, 0.6) is 5.75 Å². The molecule has 1 amide bonds. The SMILES string of the molecule is C[C@@H](c1nc2ccccc2s1)N(C)C(=O)COC(=O)COc1ccc(F)cc1. The molecule has 6 nitrogen and oxygen atoms in total. The van der Waals surface area contributed by atoms with Crippen molar-refractivity contribution in [3.05, 3.63) is 59.4 Å². The predicted octanol–water partition coefficient (Wildman–Crippen LogP) is 3.58. The second-order valence-corrected chi connectivity index (χ2v) is 7.17. The highest BCUT2D eigenvalue weighted by Crippen LogP contribution is 2.28. The quantitative estimate of drug-likeness (QED) is 0.565. The number of benzene rings is 2. The Labute approximate surface area is 165 Å². The van der Waals surface area contributed by atoms with Gasteiger partial charge in [0.05, 0.1) is 16.3 Å². The van der Waals surface area contributed by atoms with Crippen LogP contribution >= 0.6 is 11.3 Å². The van der Waals surface area contributed by atoms with Crippen molar-refractivity contribution in [2.75, 3.05) is 20.3 Å². The third kappa shape index (κ3) is 4.83. The van der Waals surface area contributed by atoms with Crippen LogP contribution in [0.15, 0.2) is 48.5 Å². The van der Waals surface area contributed by atoms with E-state index in [1.165, 1.54) is 40.5 Å². The number of rotatable bonds is 7. The zero-order chi connectivity index (χ0) is 20.1. The maximum atomic E-state index is 12.8. The van der Waals surface area contributed by atoms with Gasteiger partial charge in [-0.3, -0.25) is 4.79 Å². The summed E-state index contributed by atoms with van der Waals surface area (Å²) in [7, 11) is 1.64. The number of halogens is 1. The van der Waals surface area contributed by atoms with Crippen molar-refractivity contribution in [2.45, 2.75) is 13.0 Å². The van der Waals surface area contributed by atoms with Crippen LogP contribution in [-0.2, 0) is 14.3 Å². The van der Waals surface area contributed by atoms with Crippen LogP contribution in [0.2, 0.25) is 0 Å². The standard InChI is InChI=1S/C20H19FN2O4S/c1-13(20-22-16-5-3-4-6-17(16)28-20)23(2)18(24)11-27-19(25)12-26-15-9-7-14(21)8-10-15/h3-10,13H,11-12H2,1-2H3/t13-/m0/s1. The van der Waals surface area contributed by atoms with Crippen molar-refractivity contribution in [1.82, 2.24) is 9.88 Å². The van der Waals surface area contributed by atoms with E-state index < -0.39 is 18.4 Å². The molecule has 0 radical (unpaired) electrons. The fraction of sp³-hybridized carbons (Fsp3) is 0.250. The molecule has 1 aromatic heterocycles. The number of esters is 1. The number of hydrogen-bond acceptors (Lipinski definition) is 6. The summed E-state index contributed by atoms with van der Waals surface area (Å²) in [4.78, 5) is 30.1. The van der Waals surface area contributed by atoms with E-state index in [0.717, 1.165) is 15.2 Å². The van der Waals surface area contributed by atoms with Gasteiger partial charge in [-0.25, -0.2) is 14.2 Å². The lowest BCUT2D eigenvalue weighted by Gasteiger charge is -2.23. The summed E-state index contributed by atoms with van der Waals surface area (Å²) < 4.78 is 24.0. The lowest BCUT2D eigenvalue weighted by atomic mass is 10.3. The van der Waals surface area contributed by atoms with E-state index in [2.05, 4.69) is 4.98 Å². The number of nitrogens with zero attached hydrogens (tertiary/aromatic N) is 2. The van der Waals surface area contributed by atoms with Gasteiger partial charge in [0.25, 0.3) is 5.91 Å². The summed E-state index contributed by atoms with van der Waals surface area (Å²) in [5.41, 5.74) is 0.888. The molecular weight excluding hydrogens is 383 g/mol. The van der Waals surface area contributed by atoms with E-state index in [-0.39, 0.29) is 18.6 Å². The van der Waals surface area contributed by atoms with Crippen LogP contribution in [-0.4, -0.2) is 42.0 Å². The van der Waals surface area contributed by atoms with Crippen molar-refractivity contribution < 1.29 is 23.5 Å². The number of ether oxygens (including phenoxy) is 2. The summed E-state index contributed by atoms with van der Waals surface area (Å²) in [5, 5.41) is 0.808. The highest BCUT2D eigenvalue weighted by Gasteiger charge is 2.21. The minimum Gasteiger partial charge on any atom is -0.482 e. The molecule has 0 saturated heterocycles. The maximum absolute atomic E-state index is 12.8. The molecular formula is C20H19FN2O4S. The largest absolute Gasteiger partial charge is 0.482 e. The number of carbonyl (C=O) groups is 2. The molecule has 0 aliphatic rings. The first-order valence-corrected chi connectivity index (χ1v) is 9.41. The molecule has 0 N–H and O–H groups in total. The van der Waals surface area contributed by atoms with Gasteiger partial charge in [-0.2, -0.15) is 0 Å². The highest BCUT2D eigenvalue weighted by atomic mass is 32.1. The van der Waals surface area contributed by atoms with Crippen LogP contribution in [0.3, 0.4) is 0 Å². The van der Waals surface area contributed by atoms with Gasteiger partial charge < -0.3 is 14.4 Å². The monoisotopic (exact) mass is 402 g/mol. The summed E-state index contributed by atoms with van der Waals surface area (Å²) in [6.07, 6.45) is 0. The minimum atomic E-state index is -0.682. The fourth-order valence-electron chi connectivity index (χ4n) is 2.41. The number of likely N-dealkylation sites (N-methyl/N-ethyl adjacent to an activating group) is 1. The topological polar surface area (TPSA) is 68.7 Å². The zero-order valence-corrected chi connectivity index (χ0v) is 16.2. The van der Waals surface area contributed by atoms with Gasteiger partial charge in [-0.05, 0) is 43.3 Å². The van der Waals surface area contributed by atoms with Crippen molar-refractivity contribution in [3.63, 3.8) is 0 Å². The lowest BCUT2D eigenvalue weighted by molar-refractivity contribution is -0.153. The van der Waals surface area contributed by atoms with E-state index in [4.69, 9.17) is 9.47 Å². The van der Waals surface area contributed by atoms with Crippen LogP contribution in [0.4, 0.5) is 4.39 Å². The first-order valence-electron chi connectivity index (χ1n) is 8.59. The fourth-order valence-corrected chi connectivity index (χ4v) is 3.47. The van der Waals surface area contributed by atoms with Gasteiger partial charge in [0.15, 0.2) is 13.2 Å². The molecule has 3 aromatic rings. The maximum Gasteiger partial charge on any atom is 0.344 e. The van der Waals surface area contributed by atoms with E-state index in [1.807, 2.05) is 31.2 Å². The first kappa shape index (κ1) is 19.8. The van der Waals surface area contributed by atoms with E-state index in [1.54, 1.807) is 7.05 Å². The summed E-state index contributed by atoms with van der Waals surface area (Å²) in [6, 6.07) is 12.8. The Morgan fingerprint density at radius 1 is 1.14 bits per heavy atom. The molecule has 2 aromatic carbocycles. The van der Waals surface area contributed by atoms with Crippen molar-refractivity contribution >= 4 is 33.4 Å². The molecule has 0 aliphatic carbocycles. The Morgan fingerprint density at radius 3 is 2.57 bits per heavy atom. The molecule has 0 spiro atoms. The number of para-hydroxylation sites is 1. The summed E-state index contributed by atoms with van der Waals surface area (Å²) in [5.74, 6) is -1.09. The molecule has 1 atom stereocenters.